The first-order chi connectivity index (χ1) is 18.9. The number of nitrogens with zero attached hydrogens (tertiary/aromatic N) is 2. The van der Waals surface area contributed by atoms with Gasteiger partial charge in [-0.25, -0.2) is 9.78 Å². The molecule has 9 nitrogen and oxygen atoms in total. The van der Waals surface area contributed by atoms with Crippen molar-refractivity contribution < 1.29 is 19.5 Å². The molecule has 2 amide bonds. The van der Waals surface area contributed by atoms with Crippen LogP contribution in [-0.4, -0.2) is 39.4 Å². The highest BCUT2D eigenvalue weighted by atomic mass is 32.1. The van der Waals surface area contributed by atoms with Gasteiger partial charge in [0.05, 0.1) is 5.52 Å². The molecule has 5 aromatic rings. The summed E-state index contributed by atoms with van der Waals surface area (Å²) in [6.45, 7) is 2.73. The zero-order chi connectivity index (χ0) is 27.5. The number of benzene rings is 2. The maximum Gasteiger partial charge on any atom is 0.355 e. The number of carboxylic acid groups (broad SMARTS) is 1. The molecule has 5 N–H and O–H groups in total. The molecule has 0 saturated heterocycles. The summed E-state index contributed by atoms with van der Waals surface area (Å²) in [5.41, 5.74) is 8.21. The highest BCUT2D eigenvalue weighted by molar-refractivity contribution is 7.18. The normalized spacial score (nSPS) is 11.0. The molecule has 0 aliphatic carbocycles. The molecule has 0 fully saturated rings. The van der Waals surface area contributed by atoms with Crippen LogP contribution in [0.3, 0.4) is 0 Å². The molecule has 0 unspecified atom stereocenters. The summed E-state index contributed by atoms with van der Waals surface area (Å²) in [7, 11) is 0. The third-order valence-corrected chi connectivity index (χ3v) is 7.23. The molecule has 0 bridgehead atoms. The number of hydrogen-bond acceptors (Lipinski definition) is 7. The SMILES string of the molecule is CCCNC(=O)c1ccc(-c2cc3ncc4ccsc4c3cc2C(=O)Nc2ccc(CN)cc2)c(C(=O)O)n1. The molecule has 3 aromatic heterocycles. The second-order valence-electron chi connectivity index (χ2n) is 8.89. The van der Waals surface area contributed by atoms with Crippen LogP contribution in [0.5, 0.6) is 0 Å². The maximum absolute atomic E-state index is 13.7. The molecular weight excluding hydrogens is 514 g/mol. The van der Waals surface area contributed by atoms with Crippen molar-refractivity contribution in [1.82, 2.24) is 15.3 Å². The highest BCUT2D eigenvalue weighted by Crippen LogP contribution is 2.35. The number of carbonyl (C=O) groups is 3. The Hall–Kier alpha value is -4.67. The summed E-state index contributed by atoms with van der Waals surface area (Å²) in [5.74, 6) is -2.22. The van der Waals surface area contributed by atoms with Crippen molar-refractivity contribution in [3.8, 4) is 11.1 Å². The molecule has 0 saturated carbocycles. The Balaban J connectivity index is 1.67. The molecule has 39 heavy (non-hydrogen) atoms. The van der Waals surface area contributed by atoms with E-state index < -0.39 is 17.8 Å². The van der Waals surface area contributed by atoms with E-state index in [4.69, 9.17) is 5.73 Å². The number of rotatable bonds is 8. The lowest BCUT2D eigenvalue weighted by Gasteiger charge is -2.15. The number of carbonyl (C=O) groups excluding carboxylic acids is 2. The average molecular weight is 540 g/mol. The number of nitrogens with two attached hydrogens (primary N) is 1. The number of thiophene rings is 1. The van der Waals surface area contributed by atoms with E-state index in [1.165, 1.54) is 23.5 Å². The van der Waals surface area contributed by atoms with E-state index in [-0.39, 0.29) is 22.5 Å². The van der Waals surface area contributed by atoms with Crippen LogP contribution in [0.2, 0.25) is 0 Å². The predicted octanol–water partition coefficient (Wildman–Crippen LogP) is 5.06. The first kappa shape index (κ1) is 26.0. The minimum absolute atomic E-state index is 0.0187. The fraction of sp³-hybridized carbons (Fsp3) is 0.138. The molecule has 0 aliphatic rings. The lowest BCUT2D eigenvalue weighted by molar-refractivity contribution is 0.0691. The van der Waals surface area contributed by atoms with Gasteiger partial charge < -0.3 is 21.5 Å². The van der Waals surface area contributed by atoms with Gasteiger partial charge in [0.2, 0.25) is 0 Å². The Kier molecular flexibility index (Phi) is 7.31. The lowest BCUT2D eigenvalue weighted by Crippen LogP contribution is -2.25. The van der Waals surface area contributed by atoms with Gasteiger partial charge in [-0.15, -0.1) is 11.3 Å². The summed E-state index contributed by atoms with van der Waals surface area (Å²) in [6.07, 6.45) is 2.47. The van der Waals surface area contributed by atoms with Crippen molar-refractivity contribution in [2.75, 3.05) is 11.9 Å². The van der Waals surface area contributed by atoms with Crippen molar-refractivity contribution in [2.45, 2.75) is 19.9 Å². The second kappa shape index (κ2) is 11.0. The largest absolute Gasteiger partial charge is 0.476 e. The van der Waals surface area contributed by atoms with Gasteiger partial charge in [0.15, 0.2) is 5.69 Å². The van der Waals surface area contributed by atoms with Gasteiger partial charge in [0.1, 0.15) is 5.69 Å². The number of fused-ring (bicyclic) bond motifs is 3. The Morgan fingerprint density at radius 2 is 1.79 bits per heavy atom. The predicted molar refractivity (Wildman–Crippen MR) is 152 cm³/mol. The number of nitrogens with one attached hydrogen (secondary N) is 2. The van der Waals surface area contributed by atoms with Crippen LogP contribution in [0.25, 0.3) is 32.1 Å². The van der Waals surface area contributed by atoms with Gasteiger partial charge in [-0.05, 0) is 65.4 Å². The lowest BCUT2D eigenvalue weighted by atomic mass is 9.94. The van der Waals surface area contributed by atoms with Crippen LogP contribution >= 0.6 is 11.3 Å². The number of hydrogen-bond donors (Lipinski definition) is 4. The minimum atomic E-state index is -1.32. The summed E-state index contributed by atoms with van der Waals surface area (Å²) in [5, 5.41) is 19.3. The molecule has 0 radical (unpaired) electrons. The smallest absolute Gasteiger partial charge is 0.355 e. The van der Waals surface area contributed by atoms with Gasteiger partial charge in [-0.1, -0.05) is 19.1 Å². The third-order valence-electron chi connectivity index (χ3n) is 6.27. The third kappa shape index (κ3) is 5.20. The quantitative estimate of drug-likeness (QED) is 0.215. The van der Waals surface area contributed by atoms with Crippen LogP contribution in [-0.2, 0) is 6.54 Å². The first-order valence-electron chi connectivity index (χ1n) is 12.3. The van der Waals surface area contributed by atoms with Crippen LogP contribution in [0.15, 0.2) is 66.2 Å². The van der Waals surface area contributed by atoms with Gasteiger partial charge in [0, 0.05) is 51.6 Å². The van der Waals surface area contributed by atoms with E-state index >= 15 is 0 Å². The van der Waals surface area contributed by atoms with E-state index in [1.807, 2.05) is 30.5 Å². The number of aromatic nitrogens is 2. The van der Waals surface area contributed by atoms with Crippen LogP contribution in [0, 0.1) is 0 Å². The average Bonchev–Trinajstić information content (AvgIpc) is 3.45. The first-order valence-corrected chi connectivity index (χ1v) is 13.2. The van der Waals surface area contributed by atoms with E-state index in [0.29, 0.717) is 29.9 Å². The highest BCUT2D eigenvalue weighted by Gasteiger charge is 2.23. The molecule has 0 atom stereocenters. The molecular formula is C29H25N5O4S. The zero-order valence-electron chi connectivity index (χ0n) is 21.0. The van der Waals surface area contributed by atoms with E-state index in [1.54, 1.807) is 30.5 Å². The molecule has 5 rings (SSSR count). The van der Waals surface area contributed by atoms with Crippen molar-refractivity contribution in [2.24, 2.45) is 5.73 Å². The molecule has 10 heteroatoms. The van der Waals surface area contributed by atoms with E-state index in [0.717, 1.165) is 27.5 Å². The van der Waals surface area contributed by atoms with Crippen molar-refractivity contribution in [1.29, 1.82) is 0 Å². The van der Waals surface area contributed by atoms with Crippen molar-refractivity contribution in [3.63, 3.8) is 0 Å². The van der Waals surface area contributed by atoms with Gasteiger partial charge >= 0.3 is 5.97 Å². The number of anilines is 1. The Labute approximate surface area is 227 Å². The molecule has 3 heterocycles. The van der Waals surface area contributed by atoms with E-state index in [9.17, 15) is 19.5 Å². The second-order valence-corrected chi connectivity index (χ2v) is 9.80. The summed E-state index contributed by atoms with van der Waals surface area (Å²) < 4.78 is 0.965. The summed E-state index contributed by atoms with van der Waals surface area (Å²) in [6, 6.07) is 15.5. The van der Waals surface area contributed by atoms with Crippen LogP contribution in [0.4, 0.5) is 5.69 Å². The van der Waals surface area contributed by atoms with Crippen LogP contribution < -0.4 is 16.4 Å². The fourth-order valence-electron chi connectivity index (χ4n) is 4.28. The molecule has 0 spiro atoms. The van der Waals surface area contributed by atoms with Crippen molar-refractivity contribution >= 4 is 55.8 Å². The summed E-state index contributed by atoms with van der Waals surface area (Å²) >= 11 is 1.53. The van der Waals surface area contributed by atoms with Gasteiger partial charge in [-0.3, -0.25) is 14.6 Å². The monoisotopic (exact) mass is 539 g/mol. The Morgan fingerprint density at radius 1 is 1.00 bits per heavy atom. The number of aromatic carboxylic acids is 1. The molecule has 0 aliphatic heterocycles. The van der Waals surface area contributed by atoms with Gasteiger partial charge in [-0.2, -0.15) is 0 Å². The topological polar surface area (TPSA) is 147 Å². The molecule has 2 aromatic carbocycles. The van der Waals surface area contributed by atoms with Crippen molar-refractivity contribution in [3.05, 3.63) is 88.7 Å². The number of amides is 2. The number of pyridine rings is 2. The number of carboxylic acids is 1. The standard InChI is InChI=1S/C29H25N5O4S/c1-2-10-31-28(36)23-8-7-19(25(34-23)29(37)38)20-13-24-22(26-17(15-32-24)9-11-39-26)12-21(20)27(35)33-18-5-3-16(14-30)4-6-18/h3-9,11-13,15H,2,10,14,30H2,1H3,(H,31,36)(H,33,35)(H,37,38). The van der Waals surface area contributed by atoms with Crippen LogP contribution in [0.1, 0.15) is 50.2 Å². The maximum atomic E-state index is 13.7. The summed E-state index contributed by atoms with van der Waals surface area (Å²) in [4.78, 5) is 47.2. The fourth-order valence-corrected chi connectivity index (χ4v) is 5.18. The molecule has 196 valence electrons. The van der Waals surface area contributed by atoms with Gasteiger partial charge in [0.25, 0.3) is 11.8 Å². The minimum Gasteiger partial charge on any atom is -0.476 e. The Bertz CT molecular complexity index is 1730. The Morgan fingerprint density at radius 3 is 2.51 bits per heavy atom. The zero-order valence-corrected chi connectivity index (χ0v) is 21.8. The van der Waals surface area contributed by atoms with E-state index in [2.05, 4.69) is 20.6 Å².